The summed E-state index contributed by atoms with van der Waals surface area (Å²) in [7, 11) is 0. The summed E-state index contributed by atoms with van der Waals surface area (Å²) in [5.74, 6) is 0. The van der Waals surface area contributed by atoms with E-state index in [9.17, 15) is 0 Å². The molecule has 80 valence electrons. The van der Waals surface area contributed by atoms with Crippen molar-refractivity contribution >= 4 is 12.8 Å². The van der Waals surface area contributed by atoms with E-state index in [1.54, 1.807) is 6.20 Å². The molecule has 0 bridgehead atoms. The predicted molar refractivity (Wildman–Crippen MR) is 68.5 cm³/mol. The van der Waals surface area contributed by atoms with Crippen molar-refractivity contribution in [2.45, 2.75) is 33.1 Å². The topological polar surface area (TPSA) is 12.4 Å². The van der Waals surface area contributed by atoms with E-state index in [1.165, 1.54) is 16.7 Å². The number of benzene rings is 1. The molecule has 15 heavy (non-hydrogen) atoms. The lowest BCUT2D eigenvalue weighted by atomic mass is 9.82. The third-order valence-corrected chi connectivity index (χ3v) is 2.54. The fourth-order valence-corrected chi connectivity index (χ4v) is 1.78. The van der Waals surface area contributed by atoms with E-state index < -0.39 is 0 Å². The molecule has 1 nitrogen and oxygen atoms in total. The van der Waals surface area contributed by atoms with Gasteiger partial charge < -0.3 is 0 Å². The van der Waals surface area contributed by atoms with Gasteiger partial charge in [-0.2, -0.15) is 0 Å². The summed E-state index contributed by atoms with van der Waals surface area (Å²) >= 11 is 0. The Hall–Kier alpha value is -1.37. The number of aliphatic imine (C=N–C) groups is 1. The quantitative estimate of drug-likeness (QED) is 0.642. The minimum Gasteiger partial charge on any atom is -0.272 e. The van der Waals surface area contributed by atoms with Crippen LogP contribution in [0, 0.1) is 6.92 Å². The summed E-state index contributed by atoms with van der Waals surface area (Å²) in [6.45, 7) is 12.3. The number of nitrogens with zero attached hydrogens (tertiary/aromatic N) is 1. The van der Waals surface area contributed by atoms with E-state index in [4.69, 9.17) is 0 Å². The number of hydrogen-bond donors (Lipinski definition) is 0. The number of rotatable bonds is 2. The molecule has 1 aromatic rings. The average Bonchev–Trinajstić information content (AvgIpc) is 2.14. The molecule has 0 saturated heterocycles. The van der Waals surface area contributed by atoms with Crippen LogP contribution in [-0.4, -0.2) is 6.72 Å². The minimum atomic E-state index is 0.190. The summed E-state index contributed by atoms with van der Waals surface area (Å²) in [5, 5.41) is 0. The van der Waals surface area contributed by atoms with Gasteiger partial charge in [-0.1, -0.05) is 39.0 Å². The fourth-order valence-electron chi connectivity index (χ4n) is 1.78. The van der Waals surface area contributed by atoms with E-state index in [-0.39, 0.29) is 5.41 Å². The molecule has 0 aliphatic heterocycles. The molecule has 0 unspecified atom stereocenters. The van der Waals surface area contributed by atoms with Gasteiger partial charge in [-0.25, -0.2) is 0 Å². The first-order chi connectivity index (χ1) is 6.96. The van der Waals surface area contributed by atoms with Gasteiger partial charge in [0.25, 0.3) is 0 Å². The standard InChI is InChI=1S/C14H19N/c1-11-12(9-10-15-5)7-6-8-13(11)14(2,3)4/h6-10H,5H2,1-4H3/b10-9-. The van der Waals surface area contributed by atoms with Crippen LogP contribution in [0.5, 0.6) is 0 Å². The molecule has 0 spiro atoms. The van der Waals surface area contributed by atoms with Crippen molar-refractivity contribution in [3.63, 3.8) is 0 Å². The molecule has 1 aromatic carbocycles. The van der Waals surface area contributed by atoms with E-state index >= 15 is 0 Å². The second-order valence-corrected chi connectivity index (χ2v) is 4.77. The van der Waals surface area contributed by atoms with Crippen LogP contribution in [0.25, 0.3) is 6.08 Å². The molecule has 0 amide bonds. The second-order valence-electron chi connectivity index (χ2n) is 4.77. The molecule has 0 aromatic heterocycles. The van der Waals surface area contributed by atoms with Crippen molar-refractivity contribution in [3.8, 4) is 0 Å². The van der Waals surface area contributed by atoms with Gasteiger partial charge in [0.1, 0.15) is 0 Å². The van der Waals surface area contributed by atoms with Gasteiger partial charge in [-0.3, -0.25) is 4.99 Å². The molecule has 0 fully saturated rings. The Bertz CT molecular complexity index is 381. The Morgan fingerprint density at radius 3 is 2.47 bits per heavy atom. The van der Waals surface area contributed by atoms with Gasteiger partial charge in [-0.15, -0.1) is 0 Å². The molecule has 0 heterocycles. The molecule has 0 saturated carbocycles. The zero-order valence-electron chi connectivity index (χ0n) is 10.0. The largest absolute Gasteiger partial charge is 0.272 e. The van der Waals surface area contributed by atoms with Gasteiger partial charge in [0.15, 0.2) is 0 Å². The van der Waals surface area contributed by atoms with Crippen LogP contribution < -0.4 is 0 Å². The second kappa shape index (κ2) is 4.43. The minimum absolute atomic E-state index is 0.190. The highest BCUT2D eigenvalue weighted by Gasteiger charge is 2.16. The molecule has 0 aliphatic rings. The average molecular weight is 201 g/mol. The highest BCUT2D eigenvalue weighted by Crippen LogP contribution is 2.27. The Morgan fingerprint density at radius 2 is 1.93 bits per heavy atom. The predicted octanol–water partition coefficient (Wildman–Crippen LogP) is 3.96. The lowest BCUT2D eigenvalue weighted by molar-refractivity contribution is 0.586. The van der Waals surface area contributed by atoms with Crippen molar-refractivity contribution in [1.82, 2.24) is 0 Å². The fraction of sp³-hybridized carbons (Fsp3) is 0.357. The number of hydrogen-bond acceptors (Lipinski definition) is 1. The lowest BCUT2D eigenvalue weighted by Crippen LogP contribution is -2.13. The van der Waals surface area contributed by atoms with Crippen molar-refractivity contribution in [2.75, 3.05) is 0 Å². The van der Waals surface area contributed by atoms with Crippen molar-refractivity contribution in [1.29, 1.82) is 0 Å². The van der Waals surface area contributed by atoms with Crippen molar-refractivity contribution < 1.29 is 0 Å². The van der Waals surface area contributed by atoms with Gasteiger partial charge in [0.05, 0.1) is 0 Å². The molecule has 0 atom stereocenters. The van der Waals surface area contributed by atoms with Crippen molar-refractivity contribution in [3.05, 3.63) is 41.1 Å². The molecule has 1 rings (SSSR count). The molecule has 0 N–H and O–H groups in total. The molecular formula is C14H19N. The van der Waals surface area contributed by atoms with Crippen LogP contribution in [-0.2, 0) is 5.41 Å². The summed E-state index contributed by atoms with van der Waals surface area (Å²) in [4.78, 5) is 3.73. The maximum atomic E-state index is 3.73. The summed E-state index contributed by atoms with van der Waals surface area (Å²) in [6.07, 6.45) is 3.73. The molecule has 0 radical (unpaired) electrons. The zero-order valence-corrected chi connectivity index (χ0v) is 10.0. The monoisotopic (exact) mass is 201 g/mol. The molecular weight excluding hydrogens is 182 g/mol. The van der Waals surface area contributed by atoms with Crippen LogP contribution >= 0.6 is 0 Å². The van der Waals surface area contributed by atoms with E-state index in [0.29, 0.717) is 0 Å². The highest BCUT2D eigenvalue weighted by atomic mass is 14.6. The van der Waals surface area contributed by atoms with Gasteiger partial charge >= 0.3 is 0 Å². The maximum Gasteiger partial charge on any atom is 0.0266 e. The first-order valence-electron chi connectivity index (χ1n) is 5.19. The third kappa shape index (κ3) is 2.79. The van der Waals surface area contributed by atoms with E-state index in [1.807, 2.05) is 6.08 Å². The van der Waals surface area contributed by atoms with Crippen LogP contribution in [0.1, 0.15) is 37.5 Å². The Labute approximate surface area is 92.6 Å². The van der Waals surface area contributed by atoms with E-state index in [2.05, 4.69) is 57.6 Å². The lowest BCUT2D eigenvalue weighted by Gasteiger charge is -2.22. The summed E-state index contributed by atoms with van der Waals surface area (Å²) < 4.78 is 0. The maximum absolute atomic E-state index is 3.73. The van der Waals surface area contributed by atoms with Crippen molar-refractivity contribution in [2.24, 2.45) is 4.99 Å². The third-order valence-electron chi connectivity index (χ3n) is 2.54. The smallest absolute Gasteiger partial charge is 0.0266 e. The Kier molecular flexibility index (Phi) is 3.46. The van der Waals surface area contributed by atoms with Crippen LogP contribution in [0.2, 0.25) is 0 Å². The SMILES string of the molecule is C=N/C=C\c1cccc(C(C)(C)C)c1C. The summed E-state index contributed by atoms with van der Waals surface area (Å²) in [6, 6.07) is 6.39. The Balaban J connectivity index is 3.23. The van der Waals surface area contributed by atoms with Gasteiger partial charge in [0.2, 0.25) is 0 Å². The van der Waals surface area contributed by atoms with E-state index in [0.717, 1.165) is 0 Å². The molecule has 1 heteroatoms. The summed E-state index contributed by atoms with van der Waals surface area (Å²) in [5.41, 5.74) is 4.11. The first kappa shape index (κ1) is 11.7. The first-order valence-corrected chi connectivity index (χ1v) is 5.19. The van der Waals surface area contributed by atoms with Crippen LogP contribution in [0.15, 0.2) is 29.4 Å². The van der Waals surface area contributed by atoms with Crippen LogP contribution in [0.3, 0.4) is 0 Å². The highest BCUT2D eigenvalue weighted by molar-refractivity contribution is 5.57. The normalized spacial score (nSPS) is 12.0. The van der Waals surface area contributed by atoms with Gasteiger partial charge in [-0.05, 0) is 41.8 Å². The zero-order chi connectivity index (χ0) is 11.5. The Morgan fingerprint density at radius 1 is 1.27 bits per heavy atom. The van der Waals surface area contributed by atoms with Gasteiger partial charge in [0, 0.05) is 6.20 Å². The van der Waals surface area contributed by atoms with Crippen LogP contribution in [0.4, 0.5) is 0 Å². The molecule has 0 aliphatic carbocycles.